The van der Waals surface area contributed by atoms with E-state index in [0.29, 0.717) is 26.1 Å². The zero-order chi connectivity index (χ0) is 26.4. The smallest absolute Gasteiger partial charge is 0.306 e. The van der Waals surface area contributed by atoms with Crippen molar-refractivity contribution in [2.75, 3.05) is 24.7 Å². The molecule has 0 aromatic rings. The SMILES string of the molecule is CCCCCCCCCCCCOC(=O)CCCSCCC(=O)OCCCCCCCCCCCC. The first kappa shape index (κ1) is 35.3. The molecule has 0 rings (SSSR count). The number of ether oxygens (including phenoxy) is 2. The van der Waals surface area contributed by atoms with Crippen LogP contribution < -0.4 is 0 Å². The Morgan fingerprint density at radius 3 is 1.22 bits per heavy atom. The number of hydrogen-bond donors (Lipinski definition) is 0. The summed E-state index contributed by atoms with van der Waals surface area (Å²) in [7, 11) is 0. The molecule has 0 saturated carbocycles. The Kier molecular flexibility index (Phi) is 29.9. The molecule has 0 aromatic carbocycles. The average Bonchev–Trinajstić information content (AvgIpc) is 2.87. The molecule has 0 heterocycles. The number of rotatable bonds is 29. The van der Waals surface area contributed by atoms with Crippen LogP contribution in [0.2, 0.25) is 0 Å². The number of carbonyl (C=O) groups is 2. The molecule has 0 fully saturated rings. The normalized spacial score (nSPS) is 11.1. The summed E-state index contributed by atoms with van der Waals surface area (Å²) in [5, 5.41) is 0. The van der Waals surface area contributed by atoms with Crippen LogP contribution in [0.1, 0.15) is 162 Å². The highest BCUT2D eigenvalue weighted by atomic mass is 32.2. The van der Waals surface area contributed by atoms with Crippen molar-refractivity contribution in [1.29, 1.82) is 0 Å². The van der Waals surface area contributed by atoms with Gasteiger partial charge < -0.3 is 9.47 Å². The van der Waals surface area contributed by atoms with Crippen molar-refractivity contribution < 1.29 is 19.1 Å². The summed E-state index contributed by atoms with van der Waals surface area (Å²) in [5.41, 5.74) is 0. The van der Waals surface area contributed by atoms with Gasteiger partial charge >= 0.3 is 11.9 Å². The fourth-order valence-electron chi connectivity index (χ4n) is 4.27. The molecule has 0 bridgehead atoms. The van der Waals surface area contributed by atoms with Gasteiger partial charge in [-0.05, 0) is 25.0 Å². The van der Waals surface area contributed by atoms with Gasteiger partial charge in [0.2, 0.25) is 0 Å². The first-order valence-corrected chi connectivity index (χ1v) is 16.7. The number of esters is 2. The third-order valence-corrected chi connectivity index (χ3v) is 7.71. The largest absolute Gasteiger partial charge is 0.466 e. The van der Waals surface area contributed by atoms with Crippen molar-refractivity contribution in [2.24, 2.45) is 0 Å². The monoisotopic (exact) mass is 528 g/mol. The van der Waals surface area contributed by atoms with Crippen molar-refractivity contribution >= 4 is 23.7 Å². The summed E-state index contributed by atoms with van der Waals surface area (Å²) in [6.45, 7) is 5.64. The lowest BCUT2D eigenvalue weighted by atomic mass is 10.1. The van der Waals surface area contributed by atoms with Crippen LogP contribution in [0.5, 0.6) is 0 Å². The maximum Gasteiger partial charge on any atom is 0.306 e. The maximum atomic E-state index is 11.8. The molecular weight excluding hydrogens is 468 g/mol. The van der Waals surface area contributed by atoms with Crippen LogP contribution in [-0.4, -0.2) is 36.7 Å². The van der Waals surface area contributed by atoms with Crippen LogP contribution in [0.3, 0.4) is 0 Å². The van der Waals surface area contributed by atoms with Crippen molar-refractivity contribution in [3.63, 3.8) is 0 Å². The van der Waals surface area contributed by atoms with Crippen LogP contribution in [0.15, 0.2) is 0 Å². The van der Waals surface area contributed by atoms with Gasteiger partial charge in [0.15, 0.2) is 0 Å². The fourth-order valence-corrected chi connectivity index (χ4v) is 5.14. The number of unbranched alkanes of at least 4 members (excludes halogenated alkanes) is 18. The highest BCUT2D eigenvalue weighted by molar-refractivity contribution is 7.99. The zero-order valence-electron chi connectivity index (χ0n) is 24.1. The molecule has 0 spiro atoms. The van der Waals surface area contributed by atoms with Crippen molar-refractivity contribution in [3.05, 3.63) is 0 Å². The van der Waals surface area contributed by atoms with Gasteiger partial charge in [-0.1, -0.05) is 129 Å². The lowest BCUT2D eigenvalue weighted by Crippen LogP contribution is -2.08. The van der Waals surface area contributed by atoms with Gasteiger partial charge in [0, 0.05) is 12.2 Å². The summed E-state index contributed by atoms with van der Waals surface area (Å²) < 4.78 is 10.7. The minimum absolute atomic E-state index is 0.0811. The third-order valence-electron chi connectivity index (χ3n) is 6.64. The Bertz CT molecular complexity index is 427. The van der Waals surface area contributed by atoms with E-state index in [1.54, 1.807) is 11.8 Å². The highest BCUT2D eigenvalue weighted by Crippen LogP contribution is 2.12. The van der Waals surface area contributed by atoms with E-state index in [0.717, 1.165) is 43.6 Å². The quantitative estimate of drug-likeness (QED) is 0.0714. The van der Waals surface area contributed by atoms with Crippen LogP contribution >= 0.6 is 11.8 Å². The summed E-state index contributed by atoms with van der Waals surface area (Å²) in [5.74, 6) is 1.49. The molecule has 0 atom stereocenters. The Labute approximate surface area is 228 Å². The predicted molar refractivity (Wildman–Crippen MR) is 157 cm³/mol. The van der Waals surface area contributed by atoms with E-state index in [1.165, 1.54) is 103 Å². The molecular formula is C31H60O4S. The van der Waals surface area contributed by atoms with Gasteiger partial charge in [-0.15, -0.1) is 0 Å². The van der Waals surface area contributed by atoms with Gasteiger partial charge in [0.1, 0.15) is 0 Å². The van der Waals surface area contributed by atoms with Gasteiger partial charge in [-0.3, -0.25) is 9.59 Å². The molecule has 0 aliphatic heterocycles. The third kappa shape index (κ3) is 29.5. The zero-order valence-corrected chi connectivity index (χ0v) is 24.9. The Morgan fingerprint density at radius 2 is 0.806 bits per heavy atom. The van der Waals surface area contributed by atoms with Crippen LogP contribution in [-0.2, 0) is 19.1 Å². The van der Waals surface area contributed by atoms with Gasteiger partial charge in [0.25, 0.3) is 0 Å². The second kappa shape index (κ2) is 30.5. The fraction of sp³-hybridized carbons (Fsp3) is 0.935. The number of carbonyl (C=O) groups excluding carboxylic acids is 2. The molecule has 0 amide bonds. The molecule has 0 aliphatic rings. The first-order chi connectivity index (χ1) is 17.7. The van der Waals surface area contributed by atoms with E-state index in [1.807, 2.05) is 0 Å². The highest BCUT2D eigenvalue weighted by Gasteiger charge is 2.05. The van der Waals surface area contributed by atoms with Crippen molar-refractivity contribution in [3.8, 4) is 0 Å². The van der Waals surface area contributed by atoms with E-state index in [4.69, 9.17) is 9.47 Å². The second-order valence-electron chi connectivity index (χ2n) is 10.3. The first-order valence-electron chi connectivity index (χ1n) is 15.6. The Morgan fingerprint density at radius 1 is 0.444 bits per heavy atom. The molecule has 214 valence electrons. The second-order valence-corrected chi connectivity index (χ2v) is 11.5. The molecule has 0 aliphatic carbocycles. The lowest BCUT2D eigenvalue weighted by molar-refractivity contribution is -0.144. The van der Waals surface area contributed by atoms with E-state index >= 15 is 0 Å². The number of hydrogen-bond acceptors (Lipinski definition) is 5. The molecule has 0 unspecified atom stereocenters. The minimum Gasteiger partial charge on any atom is -0.466 e. The molecule has 0 saturated heterocycles. The predicted octanol–water partition coefficient (Wildman–Crippen LogP) is 9.82. The van der Waals surface area contributed by atoms with E-state index < -0.39 is 0 Å². The summed E-state index contributed by atoms with van der Waals surface area (Å²) in [6.07, 6.45) is 27.5. The molecule has 0 N–H and O–H groups in total. The average molecular weight is 529 g/mol. The van der Waals surface area contributed by atoms with Gasteiger partial charge in [-0.2, -0.15) is 11.8 Å². The van der Waals surface area contributed by atoms with Crippen LogP contribution in [0.25, 0.3) is 0 Å². The lowest BCUT2D eigenvalue weighted by Gasteiger charge is -2.06. The summed E-state index contributed by atoms with van der Waals surface area (Å²) in [4.78, 5) is 23.6. The van der Waals surface area contributed by atoms with E-state index in [9.17, 15) is 9.59 Å². The Balaban J connectivity index is 3.26. The maximum absolute atomic E-state index is 11.8. The molecule has 5 heteroatoms. The van der Waals surface area contributed by atoms with Crippen LogP contribution in [0, 0.1) is 0 Å². The minimum atomic E-state index is -0.0886. The Hall–Kier alpha value is -0.710. The van der Waals surface area contributed by atoms with Crippen molar-refractivity contribution in [2.45, 2.75) is 162 Å². The molecule has 4 nitrogen and oxygen atoms in total. The summed E-state index contributed by atoms with van der Waals surface area (Å²) >= 11 is 1.72. The molecule has 36 heavy (non-hydrogen) atoms. The summed E-state index contributed by atoms with van der Waals surface area (Å²) in [6, 6.07) is 0. The standard InChI is InChI=1S/C31H60O4S/c1-3-5-7-9-11-13-15-17-19-21-26-34-30(32)24-23-28-36-29-25-31(33)35-27-22-20-18-16-14-12-10-8-6-4-2/h3-29H2,1-2H3. The van der Waals surface area contributed by atoms with Gasteiger partial charge in [-0.25, -0.2) is 0 Å². The van der Waals surface area contributed by atoms with E-state index in [-0.39, 0.29) is 11.9 Å². The molecule has 0 aromatic heterocycles. The number of thioether (sulfide) groups is 1. The van der Waals surface area contributed by atoms with Crippen LogP contribution in [0.4, 0.5) is 0 Å². The van der Waals surface area contributed by atoms with Crippen molar-refractivity contribution in [1.82, 2.24) is 0 Å². The molecule has 0 radical (unpaired) electrons. The topological polar surface area (TPSA) is 52.6 Å². The van der Waals surface area contributed by atoms with E-state index in [2.05, 4.69) is 13.8 Å². The van der Waals surface area contributed by atoms with Gasteiger partial charge in [0.05, 0.1) is 19.6 Å².